The van der Waals surface area contributed by atoms with E-state index in [0.29, 0.717) is 13.2 Å². The molecule has 0 aromatic heterocycles. The average molecular weight is 370 g/mol. The summed E-state index contributed by atoms with van der Waals surface area (Å²) in [6.07, 6.45) is 1.88. The van der Waals surface area contributed by atoms with Crippen LogP contribution in [0, 0.1) is 0 Å². The van der Waals surface area contributed by atoms with Gasteiger partial charge >= 0.3 is 5.97 Å². The highest BCUT2D eigenvalue weighted by Crippen LogP contribution is 2.36. The number of ether oxygens (including phenoxy) is 1. The van der Waals surface area contributed by atoms with Gasteiger partial charge in [-0.25, -0.2) is 0 Å². The Morgan fingerprint density at radius 3 is 2.29 bits per heavy atom. The lowest BCUT2D eigenvalue weighted by Gasteiger charge is -2.36. The normalized spacial score (nSPS) is 13.7. The smallest absolute Gasteiger partial charge is 0.302 e. The van der Waals surface area contributed by atoms with Gasteiger partial charge in [0.05, 0.1) is 6.61 Å². The van der Waals surface area contributed by atoms with Gasteiger partial charge in [0, 0.05) is 10.5 Å². The van der Waals surface area contributed by atoms with Crippen LogP contribution >= 0.6 is 22.6 Å². The van der Waals surface area contributed by atoms with Gasteiger partial charge in [0.15, 0.2) is 8.32 Å². The van der Waals surface area contributed by atoms with Crippen LogP contribution in [0.2, 0.25) is 18.1 Å². The third-order valence-electron chi connectivity index (χ3n) is 2.97. The second kappa shape index (κ2) is 6.89. The first-order valence-corrected chi connectivity index (χ1v) is 9.67. The summed E-state index contributed by atoms with van der Waals surface area (Å²) in [7, 11) is -1.68. The minimum atomic E-state index is -1.68. The standard InChI is InChI=1S/C12H23IO3Si/c1-10(14)15-8-7-11(13)9-16-17(5,6)12(2,3)4/h7H,8-9H2,1-6H3/b11-7-. The molecule has 3 nitrogen and oxygen atoms in total. The van der Waals surface area contributed by atoms with Gasteiger partial charge in [0.25, 0.3) is 0 Å². The van der Waals surface area contributed by atoms with E-state index < -0.39 is 8.32 Å². The summed E-state index contributed by atoms with van der Waals surface area (Å²) in [6.45, 7) is 13.4. The van der Waals surface area contributed by atoms with Crippen molar-refractivity contribution >= 4 is 36.9 Å². The molecule has 0 saturated carbocycles. The van der Waals surface area contributed by atoms with Crippen LogP contribution in [0.15, 0.2) is 9.66 Å². The zero-order valence-corrected chi connectivity index (χ0v) is 14.8. The van der Waals surface area contributed by atoms with Crippen LogP contribution < -0.4 is 0 Å². The zero-order valence-electron chi connectivity index (χ0n) is 11.6. The highest BCUT2D eigenvalue weighted by Gasteiger charge is 2.36. The van der Waals surface area contributed by atoms with Gasteiger partial charge in [-0.2, -0.15) is 0 Å². The molecule has 0 N–H and O–H groups in total. The van der Waals surface area contributed by atoms with E-state index in [0.717, 1.165) is 3.58 Å². The van der Waals surface area contributed by atoms with Crippen LogP contribution in [-0.4, -0.2) is 27.5 Å². The van der Waals surface area contributed by atoms with Gasteiger partial charge < -0.3 is 9.16 Å². The highest BCUT2D eigenvalue weighted by atomic mass is 127. The van der Waals surface area contributed by atoms with Gasteiger partial charge in [-0.1, -0.05) is 20.8 Å². The number of hydrogen-bond acceptors (Lipinski definition) is 3. The summed E-state index contributed by atoms with van der Waals surface area (Å²) in [4.78, 5) is 10.6. The Bertz CT molecular complexity index is 293. The molecule has 0 unspecified atom stereocenters. The van der Waals surface area contributed by atoms with E-state index in [1.54, 1.807) is 0 Å². The molecule has 0 aliphatic heterocycles. The van der Waals surface area contributed by atoms with Crippen molar-refractivity contribution in [3.8, 4) is 0 Å². The molecule has 0 saturated heterocycles. The molecule has 0 aromatic carbocycles. The lowest BCUT2D eigenvalue weighted by Crippen LogP contribution is -2.41. The monoisotopic (exact) mass is 370 g/mol. The predicted octanol–water partition coefficient (Wildman–Crippen LogP) is 3.89. The number of hydrogen-bond donors (Lipinski definition) is 0. The van der Waals surface area contributed by atoms with Crippen molar-refractivity contribution in [1.29, 1.82) is 0 Å². The Labute approximate surface area is 119 Å². The first kappa shape index (κ1) is 17.1. The van der Waals surface area contributed by atoms with E-state index in [9.17, 15) is 4.79 Å². The van der Waals surface area contributed by atoms with Crippen molar-refractivity contribution in [2.24, 2.45) is 0 Å². The molecule has 0 spiro atoms. The topological polar surface area (TPSA) is 35.5 Å². The molecule has 0 aromatic rings. The number of carbonyl (C=O) groups excluding carboxylic acids is 1. The Balaban J connectivity index is 4.15. The molecular formula is C12H23IO3Si. The maximum atomic E-state index is 10.6. The zero-order chi connectivity index (χ0) is 13.7. The quantitative estimate of drug-likeness (QED) is 0.419. The summed E-state index contributed by atoms with van der Waals surface area (Å²) in [6, 6.07) is 0. The fourth-order valence-electron chi connectivity index (χ4n) is 0.774. The molecule has 100 valence electrons. The van der Waals surface area contributed by atoms with E-state index in [1.807, 2.05) is 6.08 Å². The maximum absolute atomic E-state index is 10.6. The second-order valence-corrected chi connectivity index (χ2v) is 11.7. The van der Waals surface area contributed by atoms with Gasteiger partial charge in [0.2, 0.25) is 0 Å². The van der Waals surface area contributed by atoms with Crippen LogP contribution in [0.3, 0.4) is 0 Å². The van der Waals surface area contributed by atoms with Gasteiger partial charge in [-0.3, -0.25) is 4.79 Å². The summed E-state index contributed by atoms with van der Waals surface area (Å²) in [5, 5.41) is 0.222. The van der Waals surface area contributed by atoms with Crippen molar-refractivity contribution in [2.45, 2.75) is 45.8 Å². The third kappa shape index (κ3) is 7.20. The maximum Gasteiger partial charge on any atom is 0.302 e. The first-order chi connectivity index (χ1) is 7.56. The summed E-state index contributed by atoms with van der Waals surface area (Å²) in [5.41, 5.74) is 0. The summed E-state index contributed by atoms with van der Waals surface area (Å²) in [5.74, 6) is -0.254. The molecule has 0 heterocycles. The van der Waals surface area contributed by atoms with Crippen LogP contribution in [-0.2, 0) is 14.0 Å². The molecule has 17 heavy (non-hydrogen) atoms. The lowest BCUT2D eigenvalue weighted by molar-refractivity contribution is -0.139. The Morgan fingerprint density at radius 2 is 1.88 bits per heavy atom. The largest absolute Gasteiger partial charge is 0.462 e. The average Bonchev–Trinajstić information content (AvgIpc) is 2.12. The Hall–Kier alpha value is 0.117. The minimum Gasteiger partial charge on any atom is -0.462 e. The van der Waals surface area contributed by atoms with Crippen molar-refractivity contribution in [3.63, 3.8) is 0 Å². The van der Waals surface area contributed by atoms with Gasteiger partial charge in [-0.05, 0) is 46.8 Å². The molecule has 0 bridgehead atoms. The van der Waals surface area contributed by atoms with Crippen LogP contribution in [0.5, 0.6) is 0 Å². The SMILES string of the molecule is CC(=O)OC/C=C(\I)CO[Si](C)(C)C(C)(C)C. The minimum absolute atomic E-state index is 0.222. The number of halogens is 1. The molecule has 0 radical (unpaired) electrons. The first-order valence-electron chi connectivity index (χ1n) is 5.68. The van der Waals surface area contributed by atoms with Crippen molar-refractivity contribution < 1.29 is 14.0 Å². The summed E-state index contributed by atoms with van der Waals surface area (Å²) >= 11 is 2.22. The fourth-order valence-corrected chi connectivity index (χ4v) is 2.35. The predicted molar refractivity (Wildman–Crippen MR) is 81.9 cm³/mol. The summed E-state index contributed by atoms with van der Waals surface area (Å²) < 4.78 is 12.0. The second-order valence-electron chi connectivity index (χ2n) is 5.50. The van der Waals surface area contributed by atoms with Gasteiger partial charge in [-0.15, -0.1) is 0 Å². The number of esters is 1. The van der Waals surface area contributed by atoms with Crippen molar-refractivity contribution in [3.05, 3.63) is 9.66 Å². The van der Waals surface area contributed by atoms with E-state index >= 15 is 0 Å². The Kier molecular flexibility index (Phi) is 6.94. The van der Waals surface area contributed by atoms with E-state index in [4.69, 9.17) is 9.16 Å². The van der Waals surface area contributed by atoms with Crippen LogP contribution in [0.25, 0.3) is 0 Å². The van der Waals surface area contributed by atoms with E-state index in [2.05, 4.69) is 56.5 Å². The lowest BCUT2D eigenvalue weighted by atomic mass is 10.2. The van der Waals surface area contributed by atoms with Crippen molar-refractivity contribution in [2.75, 3.05) is 13.2 Å². The molecule has 0 aliphatic rings. The molecular weight excluding hydrogens is 347 g/mol. The molecule has 5 heteroatoms. The van der Waals surface area contributed by atoms with Crippen LogP contribution in [0.1, 0.15) is 27.7 Å². The number of rotatable bonds is 5. The van der Waals surface area contributed by atoms with Crippen LogP contribution in [0.4, 0.5) is 0 Å². The third-order valence-corrected chi connectivity index (χ3v) is 8.20. The van der Waals surface area contributed by atoms with Crippen molar-refractivity contribution in [1.82, 2.24) is 0 Å². The fraction of sp³-hybridized carbons (Fsp3) is 0.750. The highest BCUT2D eigenvalue weighted by molar-refractivity contribution is 14.1. The molecule has 0 fully saturated rings. The molecule has 0 amide bonds. The molecule has 0 aliphatic carbocycles. The van der Waals surface area contributed by atoms with E-state index in [-0.39, 0.29) is 11.0 Å². The molecule has 0 atom stereocenters. The van der Waals surface area contributed by atoms with E-state index in [1.165, 1.54) is 6.92 Å². The van der Waals surface area contributed by atoms with Gasteiger partial charge in [0.1, 0.15) is 6.61 Å². The number of carbonyl (C=O) groups is 1. The molecule has 0 rings (SSSR count). The Morgan fingerprint density at radius 1 is 1.35 bits per heavy atom.